The van der Waals surface area contributed by atoms with Gasteiger partial charge in [0.25, 0.3) is 0 Å². The van der Waals surface area contributed by atoms with E-state index < -0.39 is 5.41 Å². The highest BCUT2D eigenvalue weighted by Crippen LogP contribution is 2.65. The van der Waals surface area contributed by atoms with E-state index >= 15 is 0 Å². The molecule has 0 saturated carbocycles. The van der Waals surface area contributed by atoms with E-state index in [2.05, 4.69) is 399 Å². The fourth-order valence-electron chi connectivity index (χ4n) is 29.0. The fourth-order valence-corrected chi connectivity index (χ4v) is 29.0. The Morgan fingerprint density at radius 2 is 0.500 bits per heavy atom. The number of nitrogens with zero attached hydrogens (tertiary/aromatic N) is 1. The third-order valence-electron chi connectivity index (χ3n) is 36.9. The Labute approximate surface area is 855 Å². The van der Waals surface area contributed by atoms with Crippen LogP contribution in [0.2, 0.25) is 0 Å². The van der Waals surface area contributed by atoms with Crippen molar-refractivity contribution in [3.05, 3.63) is 375 Å². The van der Waals surface area contributed by atoms with Crippen molar-refractivity contribution in [2.75, 3.05) is 4.90 Å². The normalized spacial score (nSPS) is 15.8. The van der Waals surface area contributed by atoms with Gasteiger partial charge in [0.1, 0.15) is 22.3 Å². The zero-order valence-corrected chi connectivity index (χ0v) is 87.5. The van der Waals surface area contributed by atoms with Crippen LogP contribution in [0.4, 0.5) is 17.1 Å². The van der Waals surface area contributed by atoms with E-state index in [1.165, 1.54) is 337 Å². The standard InChI is InChI=1S/C141H139NO2/c1-15-19-23-27-39-73-140(74-40-28-24-20-16-2)113-47-35-31-43-98(113)104-66-58-93(80-124(104)140)91-56-64-101-100-63-55-90(77-116(100)136(7,8)117(101)78-91)88-51-53-89(54-52-88)110-85-126-130(133-109-46-34-38-50-128(109)144-134(110)133)107-70-62-97(84-121(107)139(126,13)14)142(96-61-69-106-111-86-123-112(87-122(111)138(11,12)120(106)83-96)131-115(135(123,5)6)71-72-129-132(131)108-45-33-37-49-127(108)143-129)95-60-68-103-102-65-57-92(79-118(102)137(9,10)119(103)82-95)94-59-67-105-99-44-32-36-48-114(99)141(125(105)81-94,75-41-29-25-21-17-3)76-42-30-26-22-18-4/h31-38,43-72,77-87H,15-30,39-42,73-76H2,1-14H3. The number of benzene rings is 16. The number of unbranched alkanes of at least 4 members (excludes halogenated alkanes) is 16. The van der Waals surface area contributed by atoms with Gasteiger partial charge >= 0.3 is 0 Å². The van der Waals surface area contributed by atoms with E-state index in [0.717, 1.165) is 55.9 Å². The summed E-state index contributed by atoms with van der Waals surface area (Å²) in [7, 11) is 0. The van der Waals surface area contributed by atoms with Gasteiger partial charge in [-0.05, 0) is 324 Å². The lowest BCUT2D eigenvalue weighted by atomic mass is 9.70. The second-order valence-corrected chi connectivity index (χ2v) is 47.0. The van der Waals surface area contributed by atoms with E-state index in [1.807, 2.05) is 0 Å². The molecule has 0 fully saturated rings. The highest BCUT2D eigenvalue weighted by molar-refractivity contribution is 6.20. The minimum atomic E-state index is -0.433. The molecule has 25 rings (SSSR count). The summed E-state index contributed by atoms with van der Waals surface area (Å²) >= 11 is 0. The van der Waals surface area contributed by atoms with Gasteiger partial charge in [-0.1, -0.05) is 419 Å². The summed E-state index contributed by atoms with van der Waals surface area (Å²) in [6.45, 7) is 34.0. The first-order chi connectivity index (χ1) is 70.0. The molecule has 7 aliphatic rings. The Morgan fingerprint density at radius 3 is 0.965 bits per heavy atom. The molecule has 0 aliphatic heterocycles. The molecule has 0 saturated heterocycles. The van der Waals surface area contributed by atoms with Crippen LogP contribution in [-0.4, -0.2) is 0 Å². The lowest BCUT2D eigenvalue weighted by molar-refractivity contribution is 0.399. The Hall–Kier alpha value is -13.1. The molecule has 2 aromatic heterocycles. The van der Waals surface area contributed by atoms with Crippen molar-refractivity contribution < 1.29 is 8.83 Å². The highest BCUT2D eigenvalue weighted by atomic mass is 16.3. The molecule has 0 N–H and O–H groups in total. The van der Waals surface area contributed by atoms with Gasteiger partial charge in [0.2, 0.25) is 0 Å². The van der Waals surface area contributed by atoms with Crippen molar-refractivity contribution in [3.63, 3.8) is 0 Å². The maximum atomic E-state index is 7.29. The maximum Gasteiger partial charge on any atom is 0.143 e. The van der Waals surface area contributed by atoms with Gasteiger partial charge in [-0.15, -0.1) is 0 Å². The average molecular weight is 1880 g/mol. The van der Waals surface area contributed by atoms with Gasteiger partial charge in [0, 0.05) is 82.1 Å². The number of hydrogen-bond donors (Lipinski definition) is 0. The summed E-state index contributed by atoms with van der Waals surface area (Å²) in [6.07, 6.45) is 30.7. The van der Waals surface area contributed by atoms with Crippen LogP contribution in [0.25, 0.3) is 166 Å². The third-order valence-corrected chi connectivity index (χ3v) is 36.9. The van der Waals surface area contributed by atoms with Gasteiger partial charge < -0.3 is 13.7 Å². The summed E-state index contributed by atoms with van der Waals surface area (Å²) in [4.78, 5) is 2.61. The second kappa shape index (κ2) is 35.1. The SMILES string of the molecule is CCCCCCCC1(CCCCCCC)c2ccccc2-c2ccc(-c3ccc4c(c3)C(C)(C)c3cc(-c5ccc(-c6cc7c(c8c6oc6ccccc68)-c6ccc(N(c8ccc9c(c8)C(C)(C)c8cc(-c%10ccc%11c(c%10)C(CCCCCCC)(CCCCCCC)c%10ccccc%10-%11)ccc8-9)c8ccc9c(c8)C(C)(C)c8cc%10c(cc8-9)C(C)(C)c8ccc9oc%11ccccc%11c9c8-%10)cc6C7(C)C)cc5)ccc3-4)cc21. The third kappa shape index (κ3) is 14.2. The Kier molecular flexibility index (Phi) is 22.5. The molecular formula is C141H139NO2. The number of fused-ring (bicyclic) bond motifs is 29. The predicted octanol–water partition coefficient (Wildman–Crippen LogP) is 41.1. The van der Waals surface area contributed by atoms with Crippen LogP contribution >= 0.6 is 0 Å². The largest absolute Gasteiger partial charge is 0.456 e. The molecule has 720 valence electrons. The molecule has 0 unspecified atom stereocenters. The van der Waals surface area contributed by atoms with Crippen LogP contribution in [0.15, 0.2) is 306 Å². The van der Waals surface area contributed by atoms with Crippen molar-refractivity contribution in [2.24, 2.45) is 0 Å². The van der Waals surface area contributed by atoms with Gasteiger partial charge in [-0.25, -0.2) is 0 Å². The highest BCUT2D eigenvalue weighted by Gasteiger charge is 2.49. The van der Waals surface area contributed by atoms with Crippen molar-refractivity contribution in [1.82, 2.24) is 0 Å². The molecule has 0 spiro atoms. The lowest BCUT2D eigenvalue weighted by Crippen LogP contribution is -2.25. The summed E-state index contributed by atoms with van der Waals surface area (Å²) in [6, 6.07) is 118. The van der Waals surface area contributed by atoms with Crippen LogP contribution in [0.1, 0.15) is 329 Å². The number of rotatable bonds is 31. The first-order valence-corrected chi connectivity index (χ1v) is 55.4. The van der Waals surface area contributed by atoms with Crippen molar-refractivity contribution in [2.45, 2.75) is 289 Å². The van der Waals surface area contributed by atoms with Gasteiger partial charge in [-0.2, -0.15) is 0 Å². The second-order valence-electron chi connectivity index (χ2n) is 47.0. The lowest BCUT2D eigenvalue weighted by Gasteiger charge is -2.33. The summed E-state index contributed by atoms with van der Waals surface area (Å²) in [5, 5.41) is 4.72. The number of furan rings is 2. The maximum absolute atomic E-state index is 7.29. The Bertz CT molecular complexity index is 8210. The summed E-state index contributed by atoms with van der Waals surface area (Å²) < 4.78 is 13.9. The smallest absolute Gasteiger partial charge is 0.143 e. The molecule has 0 amide bonds. The van der Waals surface area contributed by atoms with E-state index in [0.29, 0.717) is 0 Å². The monoisotopic (exact) mass is 1880 g/mol. The topological polar surface area (TPSA) is 29.5 Å². The summed E-state index contributed by atoms with van der Waals surface area (Å²) in [5.41, 5.74) is 54.3. The van der Waals surface area contributed by atoms with Crippen LogP contribution in [0.3, 0.4) is 0 Å². The molecule has 2 heterocycles. The molecule has 3 heteroatoms. The van der Waals surface area contributed by atoms with Crippen molar-refractivity contribution in [1.29, 1.82) is 0 Å². The molecule has 0 radical (unpaired) electrons. The van der Waals surface area contributed by atoms with E-state index in [-0.39, 0.29) is 32.5 Å². The number of anilines is 3. The fraction of sp³-hybridized carbons (Fsp3) is 0.319. The van der Waals surface area contributed by atoms with Crippen LogP contribution < -0.4 is 4.90 Å². The molecule has 144 heavy (non-hydrogen) atoms. The Balaban J connectivity index is 0.564. The molecule has 18 aromatic rings. The predicted molar refractivity (Wildman–Crippen MR) is 611 cm³/mol. The van der Waals surface area contributed by atoms with Gasteiger partial charge in [-0.3, -0.25) is 0 Å². The molecule has 0 bridgehead atoms. The van der Waals surface area contributed by atoms with E-state index in [1.54, 1.807) is 22.3 Å². The molecule has 3 nitrogen and oxygen atoms in total. The van der Waals surface area contributed by atoms with Crippen LogP contribution in [0.5, 0.6) is 0 Å². The molecule has 16 aromatic carbocycles. The first-order valence-electron chi connectivity index (χ1n) is 55.4. The summed E-state index contributed by atoms with van der Waals surface area (Å²) in [5.74, 6) is 0. The average Bonchev–Trinajstić information content (AvgIpc) is 1.53. The zero-order valence-electron chi connectivity index (χ0n) is 87.5. The first kappa shape index (κ1) is 92.1. The van der Waals surface area contributed by atoms with E-state index in [4.69, 9.17) is 8.83 Å². The Morgan fingerprint density at radius 1 is 0.194 bits per heavy atom. The molecule has 0 atom stereocenters. The zero-order chi connectivity index (χ0) is 98.2. The molecule has 7 aliphatic carbocycles. The van der Waals surface area contributed by atoms with Gasteiger partial charge in [0.15, 0.2) is 0 Å². The van der Waals surface area contributed by atoms with Gasteiger partial charge in [0.05, 0.1) is 0 Å². The molecular weight excluding hydrogens is 1740 g/mol. The van der Waals surface area contributed by atoms with E-state index in [9.17, 15) is 0 Å². The van der Waals surface area contributed by atoms with Crippen molar-refractivity contribution in [3.8, 4) is 122 Å². The minimum Gasteiger partial charge on any atom is -0.456 e. The van der Waals surface area contributed by atoms with Crippen LogP contribution in [0, 0.1) is 0 Å². The number of para-hydroxylation sites is 2. The van der Waals surface area contributed by atoms with Crippen LogP contribution in [-0.2, 0) is 37.9 Å². The van der Waals surface area contributed by atoms with Crippen molar-refractivity contribution >= 4 is 60.9 Å². The quantitative estimate of drug-likeness (QED) is 0.0406. The number of hydrogen-bond acceptors (Lipinski definition) is 3. The minimum absolute atomic E-state index is 0.00120.